The van der Waals surface area contributed by atoms with Crippen molar-refractivity contribution in [1.82, 2.24) is 0 Å². The standard InChI is InChI=1S/C16H18N2O3/c1-11-4-7-16(21-3)13(8-11)10-17-15-6-5-14(18(19)20)9-12(15)2/h4-9,17H,10H2,1-3H3. The molecule has 0 aliphatic rings. The maximum Gasteiger partial charge on any atom is 0.269 e. The highest BCUT2D eigenvalue weighted by Crippen LogP contribution is 2.24. The molecule has 0 radical (unpaired) electrons. The van der Waals surface area contributed by atoms with E-state index in [1.807, 2.05) is 26.0 Å². The number of non-ortho nitro benzene ring substituents is 1. The summed E-state index contributed by atoms with van der Waals surface area (Å²) in [4.78, 5) is 10.3. The van der Waals surface area contributed by atoms with Crippen molar-refractivity contribution >= 4 is 11.4 Å². The predicted molar refractivity (Wildman–Crippen MR) is 82.9 cm³/mol. The molecule has 0 aromatic heterocycles. The largest absolute Gasteiger partial charge is 0.496 e. The molecule has 0 bridgehead atoms. The minimum absolute atomic E-state index is 0.103. The van der Waals surface area contributed by atoms with E-state index in [2.05, 4.69) is 11.4 Å². The molecule has 0 aliphatic heterocycles. The molecule has 5 nitrogen and oxygen atoms in total. The van der Waals surface area contributed by atoms with Crippen molar-refractivity contribution in [2.24, 2.45) is 0 Å². The first-order valence-corrected chi connectivity index (χ1v) is 6.63. The number of rotatable bonds is 5. The molecule has 0 saturated heterocycles. The predicted octanol–water partition coefficient (Wildman–Crippen LogP) is 3.83. The highest BCUT2D eigenvalue weighted by atomic mass is 16.6. The number of aryl methyl sites for hydroxylation is 2. The number of nitrogens with zero attached hydrogens (tertiary/aromatic N) is 1. The van der Waals surface area contributed by atoms with Crippen LogP contribution < -0.4 is 10.1 Å². The number of nitrogens with one attached hydrogen (secondary N) is 1. The average Bonchev–Trinajstić information content (AvgIpc) is 2.46. The lowest BCUT2D eigenvalue weighted by Crippen LogP contribution is -2.03. The first-order chi connectivity index (χ1) is 10.0. The third kappa shape index (κ3) is 3.51. The minimum Gasteiger partial charge on any atom is -0.496 e. The van der Waals surface area contributed by atoms with Gasteiger partial charge in [-0.25, -0.2) is 0 Å². The van der Waals surface area contributed by atoms with Gasteiger partial charge in [-0.1, -0.05) is 17.7 Å². The van der Waals surface area contributed by atoms with Gasteiger partial charge in [0, 0.05) is 29.9 Å². The summed E-state index contributed by atoms with van der Waals surface area (Å²) in [6.45, 7) is 4.48. The van der Waals surface area contributed by atoms with Gasteiger partial charge in [0.25, 0.3) is 5.69 Å². The lowest BCUT2D eigenvalue weighted by Gasteiger charge is -2.13. The minimum atomic E-state index is -0.389. The van der Waals surface area contributed by atoms with Crippen LogP contribution in [0.4, 0.5) is 11.4 Å². The summed E-state index contributed by atoms with van der Waals surface area (Å²) < 4.78 is 5.34. The zero-order chi connectivity index (χ0) is 15.4. The van der Waals surface area contributed by atoms with Crippen molar-refractivity contribution in [3.63, 3.8) is 0 Å². The van der Waals surface area contributed by atoms with E-state index in [1.165, 1.54) is 6.07 Å². The van der Waals surface area contributed by atoms with Crippen molar-refractivity contribution < 1.29 is 9.66 Å². The van der Waals surface area contributed by atoms with Crippen LogP contribution in [-0.2, 0) is 6.54 Å². The molecule has 21 heavy (non-hydrogen) atoms. The Hall–Kier alpha value is -2.56. The zero-order valence-electron chi connectivity index (χ0n) is 12.3. The van der Waals surface area contributed by atoms with Crippen LogP contribution in [-0.4, -0.2) is 12.0 Å². The Labute approximate surface area is 123 Å². The third-order valence-electron chi connectivity index (χ3n) is 3.33. The van der Waals surface area contributed by atoms with Crippen LogP contribution in [0.1, 0.15) is 16.7 Å². The molecule has 0 atom stereocenters. The van der Waals surface area contributed by atoms with Crippen LogP contribution in [0.15, 0.2) is 36.4 Å². The molecule has 1 N–H and O–H groups in total. The number of methoxy groups -OCH3 is 1. The molecule has 2 rings (SSSR count). The van der Waals surface area contributed by atoms with E-state index < -0.39 is 0 Å². The maximum absolute atomic E-state index is 10.7. The molecule has 0 fully saturated rings. The van der Waals surface area contributed by atoms with E-state index in [0.29, 0.717) is 6.54 Å². The molecule has 0 spiro atoms. The number of hydrogen-bond donors (Lipinski definition) is 1. The number of hydrogen-bond acceptors (Lipinski definition) is 4. The first kappa shape index (κ1) is 14.8. The summed E-state index contributed by atoms with van der Waals surface area (Å²) in [7, 11) is 1.64. The van der Waals surface area contributed by atoms with Crippen molar-refractivity contribution in [3.05, 3.63) is 63.2 Å². The summed E-state index contributed by atoms with van der Waals surface area (Å²) >= 11 is 0. The molecular weight excluding hydrogens is 268 g/mol. The molecule has 0 amide bonds. The third-order valence-corrected chi connectivity index (χ3v) is 3.33. The summed E-state index contributed by atoms with van der Waals surface area (Å²) in [5.41, 5.74) is 4.04. The SMILES string of the molecule is COc1ccc(C)cc1CNc1ccc([N+](=O)[O-])cc1C. The number of nitro benzene ring substituents is 1. The molecule has 2 aromatic rings. The monoisotopic (exact) mass is 286 g/mol. The van der Waals surface area contributed by atoms with Crippen LogP contribution in [0.3, 0.4) is 0 Å². The molecule has 5 heteroatoms. The van der Waals surface area contributed by atoms with Crippen molar-refractivity contribution in [2.45, 2.75) is 20.4 Å². The average molecular weight is 286 g/mol. The number of nitro groups is 1. The first-order valence-electron chi connectivity index (χ1n) is 6.63. The number of benzene rings is 2. The van der Waals surface area contributed by atoms with E-state index in [-0.39, 0.29) is 10.6 Å². The lowest BCUT2D eigenvalue weighted by atomic mass is 10.1. The molecule has 0 unspecified atom stereocenters. The van der Waals surface area contributed by atoms with Crippen LogP contribution >= 0.6 is 0 Å². The van der Waals surface area contributed by atoms with E-state index in [1.54, 1.807) is 19.2 Å². The smallest absolute Gasteiger partial charge is 0.269 e. The molecular formula is C16H18N2O3. The Morgan fingerprint density at radius 3 is 2.57 bits per heavy atom. The van der Waals surface area contributed by atoms with Gasteiger partial charge in [0.05, 0.1) is 12.0 Å². The molecule has 0 saturated carbocycles. The Balaban J connectivity index is 2.17. The number of anilines is 1. The van der Waals surface area contributed by atoms with Gasteiger partial charge >= 0.3 is 0 Å². The maximum atomic E-state index is 10.7. The van der Waals surface area contributed by atoms with Crippen molar-refractivity contribution in [1.29, 1.82) is 0 Å². The van der Waals surface area contributed by atoms with E-state index in [9.17, 15) is 10.1 Å². The quantitative estimate of drug-likeness (QED) is 0.670. The second-order valence-electron chi connectivity index (χ2n) is 4.93. The summed E-state index contributed by atoms with van der Waals surface area (Å²) in [5, 5.41) is 14.0. The van der Waals surface area contributed by atoms with Crippen molar-refractivity contribution in [2.75, 3.05) is 12.4 Å². The van der Waals surface area contributed by atoms with Gasteiger partial charge in [0.2, 0.25) is 0 Å². The van der Waals surface area contributed by atoms with Gasteiger partial charge < -0.3 is 10.1 Å². The lowest BCUT2D eigenvalue weighted by molar-refractivity contribution is -0.384. The van der Waals surface area contributed by atoms with Crippen LogP contribution in [0.2, 0.25) is 0 Å². The van der Waals surface area contributed by atoms with Gasteiger partial charge in [-0.15, -0.1) is 0 Å². The Bertz CT molecular complexity index is 669. The Morgan fingerprint density at radius 2 is 1.95 bits per heavy atom. The molecule has 2 aromatic carbocycles. The fourth-order valence-electron chi connectivity index (χ4n) is 2.20. The van der Waals surface area contributed by atoms with Gasteiger partial charge in [-0.3, -0.25) is 10.1 Å². The topological polar surface area (TPSA) is 64.4 Å². The van der Waals surface area contributed by atoms with Crippen LogP contribution in [0.5, 0.6) is 5.75 Å². The summed E-state index contributed by atoms with van der Waals surface area (Å²) in [6, 6.07) is 10.8. The highest BCUT2D eigenvalue weighted by Gasteiger charge is 2.09. The van der Waals surface area contributed by atoms with Crippen LogP contribution in [0.25, 0.3) is 0 Å². The fourth-order valence-corrected chi connectivity index (χ4v) is 2.20. The van der Waals surface area contributed by atoms with Gasteiger partial charge in [-0.05, 0) is 31.5 Å². The summed E-state index contributed by atoms with van der Waals surface area (Å²) in [5.74, 6) is 0.827. The second-order valence-corrected chi connectivity index (χ2v) is 4.93. The molecule has 110 valence electrons. The van der Waals surface area contributed by atoms with Crippen LogP contribution in [0, 0.1) is 24.0 Å². The molecule has 0 aliphatic carbocycles. The zero-order valence-corrected chi connectivity index (χ0v) is 12.3. The Morgan fingerprint density at radius 1 is 1.19 bits per heavy atom. The van der Waals surface area contributed by atoms with Gasteiger partial charge in [0.1, 0.15) is 5.75 Å². The number of ether oxygens (including phenoxy) is 1. The summed E-state index contributed by atoms with van der Waals surface area (Å²) in [6.07, 6.45) is 0. The Kier molecular flexibility index (Phi) is 4.42. The van der Waals surface area contributed by atoms with Crippen molar-refractivity contribution in [3.8, 4) is 5.75 Å². The van der Waals surface area contributed by atoms with E-state index in [0.717, 1.165) is 28.1 Å². The normalized spacial score (nSPS) is 10.2. The van der Waals surface area contributed by atoms with Gasteiger partial charge in [0.15, 0.2) is 0 Å². The van der Waals surface area contributed by atoms with Gasteiger partial charge in [-0.2, -0.15) is 0 Å². The second kappa shape index (κ2) is 6.26. The molecule has 0 heterocycles. The fraction of sp³-hybridized carbons (Fsp3) is 0.250. The van der Waals surface area contributed by atoms with E-state index >= 15 is 0 Å². The highest BCUT2D eigenvalue weighted by molar-refractivity contribution is 5.56. The van der Waals surface area contributed by atoms with E-state index in [4.69, 9.17) is 4.74 Å².